The summed E-state index contributed by atoms with van der Waals surface area (Å²) in [5.74, 6) is -0.796. The Kier molecular flexibility index (Phi) is 6.91. The second kappa shape index (κ2) is 9.74. The lowest BCUT2D eigenvalue weighted by molar-refractivity contribution is -0.140. The minimum Gasteiger partial charge on any atom is -0.382 e. The third-order valence-electron chi connectivity index (χ3n) is 5.99. The van der Waals surface area contributed by atoms with Crippen molar-refractivity contribution >= 4 is 22.5 Å². The highest BCUT2D eigenvalue weighted by molar-refractivity contribution is 5.95. The Hall–Kier alpha value is -3.31. The van der Waals surface area contributed by atoms with Crippen LogP contribution in [0.15, 0.2) is 30.5 Å². The fourth-order valence-electron chi connectivity index (χ4n) is 4.37. The maximum Gasteiger partial charge on any atom is 0.433 e. The number of nitrogens with one attached hydrogen (secondary N) is 2. The van der Waals surface area contributed by atoms with Crippen LogP contribution in [0, 0.1) is 6.92 Å². The second-order valence-corrected chi connectivity index (χ2v) is 8.64. The number of carbonyl (C=O) groups is 1. The molecule has 2 atom stereocenters. The Labute approximate surface area is 196 Å². The SMILES string of the molecule is Cc1ccc2nc(C(F)(F)F)cc(N[C@H]3CCC[C@@H](NC(=O)c4cn(CF)nc4C(F)F)C3)c2c1. The van der Waals surface area contributed by atoms with Crippen molar-refractivity contribution in [3.05, 3.63) is 53.0 Å². The first-order valence-corrected chi connectivity index (χ1v) is 11.0. The number of hydrogen-bond acceptors (Lipinski definition) is 4. The molecular formula is C23H23F6N5O. The number of benzene rings is 1. The molecular weight excluding hydrogens is 476 g/mol. The molecule has 0 bridgehead atoms. The normalized spacial score (nSPS) is 18.7. The Morgan fingerprint density at radius 3 is 2.63 bits per heavy atom. The van der Waals surface area contributed by atoms with Gasteiger partial charge in [0.2, 0.25) is 0 Å². The number of alkyl halides is 6. The molecule has 1 fully saturated rings. The van der Waals surface area contributed by atoms with E-state index in [0.29, 0.717) is 35.8 Å². The monoisotopic (exact) mass is 499 g/mol. The summed E-state index contributed by atoms with van der Waals surface area (Å²) in [4.78, 5) is 16.4. The van der Waals surface area contributed by atoms with Gasteiger partial charge in [-0.3, -0.25) is 4.79 Å². The van der Waals surface area contributed by atoms with E-state index < -0.39 is 48.3 Å². The summed E-state index contributed by atoms with van der Waals surface area (Å²) in [6.45, 7) is 0.674. The fourth-order valence-corrected chi connectivity index (χ4v) is 4.37. The molecule has 1 aliphatic carbocycles. The van der Waals surface area contributed by atoms with Crippen LogP contribution in [0.1, 0.15) is 59.4 Å². The Morgan fingerprint density at radius 2 is 1.94 bits per heavy atom. The van der Waals surface area contributed by atoms with Crippen molar-refractivity contribution in [3.8, 4) is 0 Å². The molecule has 0 radical (unpaired) electrons. The first-order chi connectivity index (χ1) is 16.5. The Morgan fingerprint density at radius 1 is 1.20 bits per heavy atom. The van der Waals surface area contributed by atoms with Crippen molar-refractivity contribution in [3.63, 3.8) is 0 Å². The highest BCUT2D eigenvalue weighted by Gasteiger charge is 2.34. The fraction of sp³-hybridized carbons (Fsp3) is 0.435. The number of anilines is 1. The number of aryl methyl sites for hydroxylation is 1. The van der Waals surface area contributed by atoms with Gasteiger partial charge in [-0.15, -0.1) is 0 Å². The van der Waals surface area contributed by atoms with Gasteiger partial charge in [0.1, 0.15) is 11.4 Å². The molecule has 1 aromatic carbocycles. The first kappa shape index (κ1) is 24.8. The molecule has 0 spiro atoms. The number of halogens is 6. The molecule has 35 heavy (non-hydrogen) atoms. The van der Waals surface area contributed by atoms with Crippen molar-refractivity contribution in [1.82, 2.24) is 20.1 Å². The van der Waals surface area contributed by atoms with Crippen LogP contribution >= 0.6 is 0 Å². The van der Waals surface area contributed by atoms with E-state index in [1.165, 1.54) is 6.07 Å². The van der Waals surface area contributed by atoms with Gasteiger partial charge >= 0.3 is 6.18 Å². The predicted molar refractivity (Wildman–Crippen MR) is 117 cm³/mol. The molecule has 0 saturated heterocycles. The highest BCUT2D eigenvalue weighted by Crippen LogP contribution is 2.35. The lowest BCUT2D eigenvalue weighted by Crippen LogP contribution is -2.42. The second-order valence-electron chi connectivity index (χ2n) is 8.64. The first-order valence-electron chi connectivity index (χ1n) is 11.0. The van der Waals surface area contributed by atoms with Crippen molar-refractivity contribution in [2.75, 3.05) is 5.32 Å². The van der Waals surface area contributed by atoms with Gasteiger partial charge in [-0.1, -0.05) is 11.6 Å². The van der Waals surface area contributed by atoms with Gasteiger partial charge < -0.3 is 10.6 Å². The molecule has 2 heterocycles. The van der Waals surface area contributed by atoms with Crippen LogP contribution < -0.4 is 10.6 Å². The maximum atomic E-state index is 13.4. The van der Waals surface area contributed by atoms with Gasteiger partial charge in [0.05, 0.1) is 11.1 Å². The summed E-state index contributed by atoms with van der Waals surface area (Å²) in [6.07, 6.45) is -4.51. The zero-order valence-electron chi connectivity index (χ0n) is 18.7. The zero-order chi connectivity index (χ0) is 25.3. The van der Waals surface area contributed by atoms with Crippen LogP contribution in [-0.2, 0) is 13.0 Å². The average Bonchev–Trinajstić information content (AvgIpc) is 3.24. The standard InChI is InChI=1S/C23H23F6N5O/c1-12-5-6-17-15(7-12)18(9-19(32-17)23(27,28)29)30-13-3-2-4-14(8-13)31-22(35)16-10-34(11-24)33-20(16)21(25)26/h5-7,9-10,13-14,21H,2-4,8,11H2,1H3,(H,30,32)(H,31,35)/t13-,14+/m0/s1. The number of fused-ring (bicyclic) bond motifs is 1. The van der Waals surface area contributed by atoms with Crippen molar-refractivity contribution in [1.29, 1.82) is 0 Å². The van der Waals surface area contributed by atoms with Crippen LogP contribution in [0.5, 0.6) is 0 Å². The summed E-state index contributed by atoms with van der Waals surface area (Å²) in [7, 11) is 0. The number of aromatic nitrogens is 3. The van der Waals surface area contributed by atoms with E-state index in [2.05, 4.69) is 20.7 Å². The molecule has 12 heteroatoms. The highest BCUT2D eigenvalue weighted by atomic mass is 19.4. The van der Waals surface area contributed by atoms with E-state index in [1.54, 1.807) is 12.1 Å². The minimum absolute atomic E-state index is 0.206. The van der Waals surface area contributed by atoms with Crippen LogP contribution in [0.25, 0.3) is 10.9 Å². The van der Waals surface area contributed by atoms with Gasteiger partial charge in [-0.2, -0.15) is 18.3 Å². The summed E-state index contributed by atoms with van der Waals surface area (Å²) in [5, 5.41) is 9.80. The van der Waals surface area contributed by atoms with Crippen LogP contribution in [0.3, 0.4) is 0 Å². The lowest BCUT2D eigenvalue weighted by Gasteiger charge is -2.31. The summed E-state index contributed by atoms with van der Waals surface area (Å²) in [6, 6.07) is 5.26. The summed E-state index contributed by atoms with van der Waals surface area (Å²) < 4.78 is 80.1. The molecule has 0 unspecified atom stereocenters. The molecule has 1 saturated carbocycles. The van der Waals surface area contributed by atoms with Gasteiger partial charge in [-0.25, -0.2) is 22.8 Å². The van der Waals surface area contributed by atoms with Crippen molar-refractivity contribution in [2.24, 2.45) is 0 Å². The van der Waals surface area contributed by atoms with E-state index in [4.69, 9.17) is 0 Å². The quantitative estimate of drug-likeness (QED) is 0.422. The molecule has 0 aliphatic heterocycles. The molecule has 6 nitrogen and oxygen atoms in total. The average molecular weight is 499 g/mol. The molecule has 188 valence electrons. The number of pyridine rings is 1. The van der Waals surface area contributed by atoms with Gasteiger partial charge in [0.25, 0.3) is 12.3 Å². The number of nitrogens with zero attached hydrogens (tertiary/aromatic N) is 3. The number of rotatable bonds is 6. The van der Waals surface area contributed by atoms with E-state index in [-0.39, 0.29) is 17.2 Å². The Bertz CT molecular complexity index is 1230. The molecule has 1 aliphatic rings. The zero-order valence-corrected chi connectivity index (χ0v) is 18.7. The van der Waals surface area contributed by atoms with Crippen LogP contribution in [-0.4, -0.2) is 32.8 Å². The number of hydrogen-bond donors (Lipinski definition) is 2. The smallest absolute Gasteiger partial charge is 0.382 e. The van der Waals surface area contributed by atoms with Crippen molar-refractivity contribution in [2.45, 2.75) is 64.1 Å². The van der Waals surface area contributed by atoms with E-state index in [9.17, 15) is 31.1 Å². The largest absolute Gasteiger partial charge is 0.433 e. The van der Waals surface area contributed by atoms with Gasteiger partial charge in [0, 0.05) is 29.4 Å². The van der Waals surface area contributed by atoms with Gasteiger partial charge in [-0.05, 0) is 50.8 Å². The molecule has 2 aromatic heterocycles. The topological polar surface area (TPSA) is 71.8 Å². The third kappa shape index (κ3) is 5.51. The van der Waals surface area contributed by atoms with Crippen molar-refractivity contribution < 1.29 is 31.1 Å². The molecule has 3 aromatic rings. The summed E-state index contributed by atoms with van der Waals surface area (Å²) >= 11 is 0. The molecule has 2 N–H and O–H groups in total. The third-order valence-corrected chi connectivity index (χ3v) is 5.99. The summed E-state index contributed by atoms with van der Waals surface area (Å²) in [5.41, 5.74) is -0.867. The number of carbonyl (C=O) groups excluding carboxylic acids is 1. The predicted octanol–water partition coefficient (Wildman–Crippen LogP) is 5.78. The minimum atomic E-state index is -4.62. The lowest BCUT2D eigenvalue weighted by atomic mass is 9.90. The van der Waals surface area contributed by atoms with Gasteiger partial charge in [0.15, 0.2) is 6.80 Å². The van der Waals surface area contributed by atoms with E-state index >= 15 is 0 Å². The number of amides is 1. The van der Waals surface area contributed by atoms with Crippen LogP contribution in [0.4, 0.5) is 32.0 Å². The van der Waals surface area contributed by atoms with Crippen LogP contribution in [0.2, 0.25) is 0 Å². The maximum absolute atomic E-state index is 13.4. The van der Waals surface area contributed by atoms with E-state index in [1.807, 2.05) is 6.92 Å². The molecule has 1 amide bonds. The Balaban J connectivity index is 1.53. The molecule has 4 rings (SSSR count). The van der Waals surface area contributed by atoms with E-state index in [0.717, 1.165) is 17.8 Å².